The highest BCUT2D eigenvalue weighted by Crippen LogP contribution is 2.36. The summed E-state index contributed by atoms with van der Waals surface area (Å²) in [6.45, 7) is 4.16. The molecule has 0 aromatic carbocycles. The Morgan fingerprint density at radius 3 is 3.07 bits per heavy atom. The largest absolute Gasteiger partial charge is 0.472 e. The van der Waals surface area contributed by atoms with Gasteiger partial charge in [0, 0.05) is 19.2 Å². The lowest BCUT2D eigenvalue weighted by molar-refractivity contribution is -0.169. The first kappa shape index (κ1) is 9.98. The van der Waals surface area contributed by atoms with Gasteiger partial charge in [0.1, 0.15) is 0 Å². The van der Waals surface area contributed by atoms with Gasteiger partial charge in [-0.1, -0.05) is 6.08 Å². The first-order valence-corrected chi connectivity index (χ1v) is 4.76. The lowest BCUT2D eigenvalue weighted by Gasteiger charge is -2.45. The predicted molar refractivity (Wildman–Crippen MR) is 54.2 cm³/mol. The number of likely N-dealkylation sites (tertiary alicyclic amines) is 1. The van der Waals surface area contributed by atoms with Crippen molar-refractivity contribution in [2.24, 2.45) is 0 Å². The smallest absolute Gasteiger partial charge is 0.255 e. The Balaban J connectivity index is 2.20. The third kappa shape index (κ3) is 1.47. The number of β-lactam (4-membered cyclic amide) rings is 1. The Bertz CT molecular complexity index is 358. The van der Waals surface area contributed by atoms with Crippen LogP contribution in [0.2, 0.25) is 0 Å². The monoisotopic (exact) mass is 207 g/mol. The lowest BCUT2D eigenvalue weighted by atomic mass is 9.92. The van der Waals surface area contributed by atoms with Gasteiger partial charge in [-0.15, -0.1) is 6.58 Å². The highest BCUT2D eigenvalue weighted by atomic mass is 16.5. The van der Waals surface area contributed by atoms with Crippen LogP contribution < -0.4 is 0 Å². The molecule has 2 rings (SSSR count). The van der Waals surface area contributed by atoms with E-state index in [1.165, 1.54) is 0 Å². The molecule has 2 heterocycles. The summed E-state index contributed by atoms with van der Waals surface area (Å²) >= 11 is 0. The Morgan fingerprint density at radius 1 is 1.73 bits per heavy atom. The highest BCUT2D eigenvalue weighted by molar-refractivity contribution is 5.89. The summed E-state index contributed by atoms with van der Waals surface area (Å²) in [7, 11) is 1.54. The van der Waals surface area contributed by atoms with Gasteiger partial charge in [-0.05, 0) is 6.07 Å². The van der Waals surface area contributed by atoms with Crippen molar-refractivity contribution >= 4 is 5.91 Å². The van der Waals surface area contributed by atoms with E-state index in [1.54, 1.807) is 30.6 Å². The zero-order valence-electron chi connectivity index (χ0n) is 8.55. The summed E-state index contributed by atoms with van der Waals surface area (Å²) in [5.74, 6) is 0.00333. The molecule has 0 N–H and O–H groups in total. The average molecular weight is 207 g/mol. The topological polar surface area (TPSA) is 42.7 Å². The molecule has 0 bridgehead atoms. The van der Waals surface area contributed by atoms with Crippen LogP contribution >= 0.6 is 0 Å². The summed E-state index contributed by atoms with van der Waals surface area (Å²) in [6, 6.07) is 1.80. The molecular weight excluding hydrogens is 194 g/mol. The predicted octanol–water partition coefficient (Wildman–Crippen LogP) is 1.36. The van der Waals surface area contributed by atoms with Crippen molar-refractivity contribution in [2.45, 2.75) is 12.1 Å². The summed E-state index contributed by atoms with van der Waals surface area (Å²) < 4.78 is 10.2. The molecule has 4 heteroatoms. The van der Waals surface area contributed by atoms with Crippen molar-refractivity contribution < 1.29 is 13.9 Å². The van der Waals surface area contributed by atoms with Crippen molar-refractivity contribution in [3.8, 4) is 0 Å². The van der Waals surface area contributed by atoms with Gasteiger partial charge in [-0.3, -0.25) is 4.79 Å². The zero-order valence-corrected chi connectivity index (χ0v) is 8.55. The van der Waals surface area contributed by atoms with Crippen LogP contribution in [0.3, 0.4) is 0 Å². The van der Waals surface area contributed by atoms with Crippen LogP contribution in [-0.2, 0) is 9.53 Å². The van der Waals surface area contributed by atoms with Gasteiger partial charge in [0.05, 0.1) is 18.6 Å². The number of hydrogen-bond donors (Lipinski definition) is 0. The fourth-order valence-electron chi connectivity index (χ4n) is 1.89. The van der Waals surface area contributed by atoms with Crippen molar-refractivity contribution in [3.05, 3.63) is 36.8 Å². The van der Waals surface area contributed by atoms with Crippen LogP contribution in [0.15, 0.2) is 35.7 Å². The van der Waals surface area contributed by atoms with E-state index in [-0.39, 0.29) is 18.1 Å². The second-order valence-corrected chi connectivity index (χ2v) is 3.44. The fourth-order valence-corrected chi connectivity index (χ4v) is 1.89. The Labute approximate surface area is 88.1 Å². The van der Waals surface area contributed by atoms with Gasteiger partial charge < -0.3 is 14.1 Å². The maximum Gasteiger partial charge on any atom is 0.255 e. The maximum atomic E-state index is 11.6. The van der Waals surface area contributed by atoms with Crippen molar-refractivity contribution in [1.29, 1.82) is 0 Å². The first-order valence-electron chi connectivity index (χ1n) is 4.76. The highest BCUT2D eigenvalue weighted by Gasteiger charge is 2.48. The molecule has 0 unspecified atom stereocenters. The van der Waals surface area contributed by atoms with Crippen molar-refractivity contribution in [1.82, 2.24) is 4.90 Å². The van der Waals surface area contributed by atoms with Crippen LogP contribution in [0.1, 0.15) is 11.6 Å². The summed E-state index contributed by atoms with van der Waals surface area (Å²) in [5.41, 5.74) is 0.961. The minimum Gasteiger partial charge on any atom is -0.472 e. The summed E-state index contributed by atoms with van der Waals surface area (Å²) in [5, 5.41) is 0. The van der Waals surface area contributed by atoms with Gasteiger partial charge in [-0.2, -0.15) is 0 Å². The minimum absolute atomic E-state index is 0.00333. The normalized spacial score (nSPS) is 25.1. The van der Waals surface area contributed by atoms with Crippen molar-refractivity contribution in [3.63, 3.8) is 0 Å². The molecule has 1 fully saturated rings. The van der Waals surface area contributed by atoms with Crippen LogP contribution in [-0.4, -0.2) is 30.6 Å². The third-order valence-electron chi connectivity index (χ3n) is 2.61. The molecule has 0 spiro atoms. The van der Waals surface area contributed by atoms with Gasteiger partial charge in [0.2, 0.25) is 0 Å². The molecule has 4 nitrogen and oxygen atoms in total. The maximum absolute atomic E-state index is 11.6. The van der Waals surface area contributed by atoms with Crippen LogP contribution in [0.5, 0.6) is 0 Å². The quantitative estimate of drug-likeness (QED) is 0.553. The molecule has 0 aliphatic carbocycles. The Hall–Kier alpha value is -1.55. The van der Waals surface area contributed by atoms with E-state index in [2.05, 4.69) is 6.58 Å². The number of hydrogen-bond acceptors (Lipinski definition) is 3. The summed E-state index contributed by atoms with van der Waals surface area (Å²) in [4.78, 5) is 13.3. The van der Waals surface area contributed by atoms with Gasteiger partial charge in [0.25, 0.3) is 5.91 Å². The molecule has 0 saturated carbocycles. The van der Waals surface area contributed by atoms with Gasteiger partial charge in [-0.25, -0.2) is 0 Å². The molecule has 0 radical (unpaired) electrons. The number of methoxy groups -OCH3 is 1. The van der Waals surface area contributed by atoms with Crippen LogP contribution in [0.25, 0.3) is 0 Å². The SMILES string of the molecule is C=CCN1C(=O)[C@H](OC)[C@@H]1c1ccoc1. The second kappa shape index (κ2) is 3.90. The third-order valence-corrected chi connectivity index (χ3v) is 2.61. The standard InChI is InChI=1S/C11H13NO3/c1-3-5-12-9(8-4-6-15-7-8)10(14-2)11(12)13/h3-4,6-7,9-10H,1,5H2,2H3/t9-,10+/m0/s1. The Kier molecular flexibility index (Phi) is 2.60. The molecule has 1 aliphatic rings. The van der Waals surface area contributed by atoms with E-state index in [9.17, 15) is 4.79 Å². The number of nitrogens with zero attached hydrogens (tertiary/aromatic N) is 1. The van der Waals surface area contributed by atoms with E-state index in [4.69, 9.17) is 9.15 Å². The van der Waals surface area contributed by atoms with Crippen LogP contribution in [0.4, 0.5) is 0 Å². The van der Waals surface area contributed by atoms with E-state index in [1.807, 2.05) is 6.07 Å². The molecular formula is C11H13NO3. The van der Waals surface area contributed by atoms with E-state index in [0.717, 1.165) is 5.56 Å². The Morgan fingerprint density at radius 2 is 2.53 bits per heavy atom. The van der Waals surface area contributed by atoms with Gasteiger partial charge in [0.15, 0.2) is 6.10 Å². The average Bonchev–Trinajstić information content (AvgIpc) is 2.74. The van der Waals surface area contributed by atoms with E-state index in [0.29, 0.717) is 6.54 Å². The molecule has 1 aromatic rings. The lowest BCUT2D eigenvalue weighted by Crippen LogP contribution is -2.59. The molecule has 15 heavy (non-hydrogen) atoms. The van der Waals surface area contributed by atoms with Crippen molar-refractivity contribution in [2.75, 3.05) is 13.7 Å². The fraction of sp³-hybridized carbons (Fsp3) is 0.364. The first-order chi connectivity index (χ1) is 7.29. The second-order valence-electron chi connectivity index (χ2n) is 3.44. The number of amides is 1. The molecule has 1 saturated heterocycles. The van der Waals surface area contributed by atoms with Crippen LogP contribution in [0, 0.1) is 0 Å². The zero-order chi connectivity index (χ0) is 10.8. The molecule has 2 atom stereocenters. The minimum atomic E-state index is -0.387. The number of rotatable bonds is 4. The van der Waals surface area contributed by atoms with E-state index < -0.39 is 0 Å². The molecule has 1 amide bonds. The molecule has 1 aliphatic heterocycles. The molecule has 1 aromatic heterocycles. The van der Waals surface area contributed by atoms with E-state index >= 15 is 0 Å². The van der Waals surface area contributed by atoms with Gasteiger partial charge >= 0.3 is 0 Å². The number of ether oxygens (including phenoxy) is 1. The number of carbonyl (C=O) groups is 1. The number of furan rings is 1. The number of carbonyl (C=O) groups excluding carboxylic acids is 1. The summed E-state index contributed by atoms with van der Waals surface area (Å²) in [6.07, 6.45) is 4.55. The molecule has 80 valence electrons.